The van der Waals surface area contributed by atoms with Crippen LogP contribution >= 0.6 is 11.6 Å². The second-order valence-electron chi connectivity index (χ2n) is 4.77. The minimum atomic E-state index is -0.536. The molecule has 1 aliphatic heterocycles. The number of nitrogens with one attached hydrogen (secondary N) is 1. The van der Waals surface area contributed by atoms with Crippen LogP contribution in [0.1, 0.15) is 11.1 Å². The van der Waals surface area contributed by atoms with Gasteiger partial charge in [0.15, 0.2) is 6.10 Å². The molecule has 1 aromatic carbocycles. The summed E-state index contributed by atoms with van der Waals surface area (Å²) < 4.78 is 5.63. The average Bonchev–Trinajstić information content (AvgIpc) is 2.81. The molecule has 1 unspecified atom stereocenters. The van der Waals surface area contributed by atoms with Crippen molar-refractivity contribution in [1.82, 2.24) is 4.98 Å². The first-order valence-corrected chi connectivity index (χ1v) is 6.68. The van der Waals surface area contributed by atoms with E-state index in [1.165, 1.54) is 0 Å². The maximum atomic E-state index is 12.2. The van der Waals surface area contributed by atoms with E-state index in [-0.39, 0.29) is 5.91 Å². The number of hydrogen-bond donors (Lipinski definition) is 1. The molecule has 1 amide bonds. The fraction of sp³-hybridized carbons (Fsp3) is 0.200. The van der Waals surface area contributed by atoms with Gasteiger partial charge in [-0.05, 0) is 48.4 Å². The van der Waals surface area contributed by atoms with Gasteiger partial charge in [0, 0.05) is 17.6 Å². The number of nitrogens with zero attached hydrogens (tertiary/aromatic N) is 1. The van der Waals surface area contributed by atoms with Crippen molar-refractivity contribution in [2.24, 2.45) is 0 Å². The summed E-state index contributed by atoms with van der Waals surface area (Å²) >= 11 is 5.93. The predicted octanol–water partition coefficient (Wildman–Crippen LogP) is 2.99. The van der Waals surface area contributed by atoms with E-state index in [4.69, 9.17) is 16.3 Å². The Morgan fingerprint density at radius 3 is 3.05 bits per heavy atom. The lowest BCUT2D eigenvalue weighted by Gasteiger charge is -2.11. The van der Waals surface area contributed by atoms with E-state index in [2.05, 4.69) is 10.3 Å². The molecule has 0 saturated heterocycles. The molecule has 3 rings (SSSR count). The highest BCUT2D eigenvalue weighted by Crippen LogP contribution is 2.31. The van der Waals surface area contributed by atoms with Crippen molar-refractivity contribution in [1.29, 1.82) is 0 Å². The standard InChI is InChI=1S/C15H13ClN2O2/c1-9-4-5-17-14(6-9)18-15(19)13-8-10-7-11(16)2-3-12(10)20-13/h2-7,13H,8H2,1H3,(H,17,18,19). The number of pyridine rings is 1. The number of hydrogen-bond acceptors (Lipinski definition) is 3. The van der Waals surface area contributed by atoms with E-state index < -0.39 is 6.10 Å². The first kappa shape index (κ1) is 12.9. The zero-order valence-electron chi connectivity index (χ0n) is 10.9. The van der Waals surface area contributed by atoms with E-state index in [0.717, 1.165) is 11.1 Å². The molecule has 2 heterocycles. The Kier molecular flexibility index (Phi) is 3.32. The van der Waals surface area contributed by atoms with Crippen LogP contribution in [0.5, 0.6) is 5.75 Å². The van der Waals surface area contributed by atoms with Gasteiger partial charge in [-0.25, -0.2) is 4.98 Å². The summed E-state index contributed by atoms with van der Waals surface area (Å²) in [5, 5.41) is 3.41. The largest absolute Gasteiger partial charge is 0.480 e. The first-order valence-electron chi connectivity index (χ1n) is 6.30. The van der Waals surface area contributed by atoms with Crippen LogP contribution in [0, 0.1) is 6.92 Å². The zero-order valence-corrected chi connectivity index (χ0v) is 11.6. The Balaban J connectivity index is 1.71. The molecule has 1 atom stereocenters. The molecule has 20 heavy (non-hydrogen) atoms. The topological polar surface area (TPSA) is 51.2 Å². The monoisotopic (exact) mass is 288 g/mol. The molecule has 102 valence electrons. The van der Waals surface area contributed by atoms with Crippen molar-refractivity contribution in [3.8, 4) is 5.75 Å². The Morgan fingerprint density at radius 1 is 1.40 bits per heavy atom. The number of fused-ring (bicyclic) bond motifs is 1. The lowest BCUT2D eigenvalue weighted by molar-refractivity contribution is -0.122. The van der Waals surface area contributed by atoms with E-state index >= 15 is 0 Å². The molecule has 1 aliphatic rings. The summed E-state index contributed by atoms with van der Waals surface area (Å²) in [4.78, 5) is 16.3. The fourth-order valence-corrected chi connectivity index (χ4v) is 2.37. The van der Waals surface area contributed by atoms with E-state index in [1.807, 2.05) is 25.1 Å². The van der Waals surface area contributed by atoms with Gasteiger partial charge in [-0.1, -0.05) is 11.6 Å². The number of benzene rings is 1. The van der Waals surface area contributed by atoms with Crippen LogP contribution < -0.4 is 10.1 Å². The summed E-state index contributed by atoms with van der Waals surface area (Å²) in [5.74, 6) is 1.05. The second-order valence-corrected chi connectivity index (χ2v) is 5.21. The molecule has 2 aromatic rings. The summed E-state index contributed by atoms with van der Waals surface area (Å²) in [6, 6.07) is 9.06. The number of aromatic nitrogens is 1. The minimum absolute atomic E-state index is 0.199. The predicted molar refractivity (Wildman–Crippen MR) is 77.2 cm³/mol. The molecule has 5 heteroatoms. The number of carbonyl (C=O) groups is 1. The van der Waals surface area contributed by atoms with Gasteiger partial charge in [0.2, 0.25) is 0 Å². The van der Waals surface area contributed by atoms with Gasteiger partial charge in [-0.2, -0.15) is 0 Å². The number of ether oxygens (including phenoxy) is 1. The maximum absolute atomic E-state index is 12.2. The van der Waals surface area contributed by atoms with Crippen molar-refractivity contribution in [3.05, 3.63) is 52.7 Å². The van der Waals surface area contributed by atoms with Crippen molar-refractivity contribution < 1.29 is 9.53 Å². The number of rotatable bonds is 2. The quantitative estimate of drug-likeness (QED) is 0.924. The number of amides is 1. The Labute approximate surface area is 121 Å². The molecule has 0 fully saturated rings. The van der Waals surface area contributed by atoms with Crippen molar-refractivity contribution in [2.75, 3.05) is 5.32 Å². The van der Waals surface area contributed by atoms with Gasteiger partial charge in [0.1, 0.15) is 11.6 Å². The van der Waals surface area contributed by atoms with E-state index in [9.17, 15) is 4.79 Å². The minimum Gasteiger partial charge on any atom is -0.480 e. The highest BCUT2D eigenvalue weighted by Gasteiger charge is 2.29. The van der Waals surface area contributed by atoms with Gasteiger partial charge in [0.05, 0.1) is 0 Å². The zero-order chi connectivity index (χ0) is 14.1. The Hall–Kier alpha value is -2.07. The number of anilines is 1. The lowest BCUT2D eigenvalue weighted by Crippen LogP contribution is -2.31. The number of carbonyl (C=O) groups excluding carboxylic acids is 1. The second kappa shape index (κ2) is 5.13. The summed E-state index contributed by atoms with van der Waals surface area (Å²) in [6.07, 6.45) is 1.65. The first-order chi connectivity index (χ1) is 9.61. The van der Waals surface area contributed by atoms with Crippen molar-refractivity contribution in [2.45, 2.75) is 19.4 Å². The SMILES string of the molecule is Cc1ccnc(NC(=O)C2Cc3cc(Cl)ccc3O2)c1. The van der Waals surface area contributed by atoms with Gasteiger partial charge < -0.3 is 10.1 Å². The fourth-order valence-electron chi connectivity index (χ4n) is 2.17. The van der Waals surface area contributed by atoms with Gasteiger partial charge in [0.25, 0.3) is 5.91 Å². The third-order valence-corrected chi connectivity index (χ3v) is 3.39. The maximum Gasteiger partial charge on any atom is 0.266 e. The third kappa shape index (κ3) is 2.60. The normalized spacial score (nSPS) is 16.4. The Morgan fingerprint density at radius 2 is 2.25 bits per heavy atom. The number of halogens is 1. The van der Waals surface area contributed by atoms with Crippen molar-refractivity contribution in [3.63, 3.8) is 0 Å². The van der Waals surface area contributed by atoms with Crippen LogP contribution in [0.3, 0.4) is 0 Å². The molecule has 4 nitrogen and oxygen atoms in total. The molecular formula is C15H13ClN2O2. The van der Waals surface area contributed by atoms with Gasteiger partial charge in [-0.15, -0.1) is 0 Å². The Bertz CT molecular complexity index is 673. The van der Waals surface area contributed by atoms with E-state index in [1.54, 1.807) is 18.3 Å². The smallest absolute Gasteiger partial charge is 0.266 e. The molecule has 1 aromatic heterocycles. The van der Waals surface area contributed by atoms with Crippen LogP contribution in [0.25, 0.3) is 0 Å². The third-order valence-electron chi connectivity index (χ3n) is 3.16. The lowest BCUT2D eigenvalue weighted by atomic mass is 10.1. The van der Waals surface area contributed by atoms with Gasteiger partial charge in [-0.3, -0.25) is 4.79 Å². The van der Waals surface area contributed by atoms with Crippen LogP contribution in [-0.2, 0) is 11.2 Å². The molecule has 1 N–H and O–H groups in total. The van der Waals surface area contributed by atoms with Crippen LogP contribution in [0.2, 0.25) is 5.02 Å². The van der Waals surface area contributed by atoms with Crippen LogP contribution in [0.15, 0.2) is 36.5 Å². The molecule has 0 saturated carbocycles. The number of aryl methyl sites for hydroxylation is 1. The molecule has 0 radical (unpaired) electrons. The molecule has 0 bridgehead atoms. The van der Waals surface area contributed by atoms with Gasteiger partial charge >= 0.3 is 0 Å². The highest BCUT2D eigenvalue weighted by atomic mass is 35.5. The molecule has 0 aliphatic carbocycles. The summed E-state index contributed by atoms with van der Waals surface area (Å²) in [6.45, 7) is 1.95. The molecular weight excluding hydrogens is 276 g/mol. The summed E-state index contributed by atoms with van der Waals surface area (Å²) in [5.41, 5.74) is 1.99. The van der Waals surface area contributed by atoms with Crippen LogP contribution in [-0.4, -0.2) is 17.0 Å². The van der Waals surface area contributed by atoms with Crippen molar-refractivity contribution >= 4 is 23.3 Å². The highest BCUT2D eigenvalue weighted by molar-refractivity contribution is 6.30. The average molecular weight is 289 g/mol. The molecule has 0 spiro atoms. The summed E-state index contributed by atoms with van der Waals surface area (Å²) in [7, 11) is 0. The van der Waals surface area contributed by atoms with E-state index in [0.29, 0.717) is 23.0 Å². The van der Waals surface area contributed by atoms with Crippen LogP contribution in [0.4, 0.5) is 5.82 Å².